The maximum atomic E-state index is 12.9. The van der Waals surface area contributed by atoms with Gasteiger partial charge in [0.15, 0.2) is 5.75 Å². The van der Waals surface area contributed by atoms with Crippen molar-refractivity contribution in [3.05, 3.63) is 23.8 Å². The molecule has 0 amide bonds. The van der Waals surface area contributed by atoms with Gasteiger partial charge in [-0.2, -0.15) is 13.2 Å². The zero-order valence-corrected chi connectivity index (χ0v) is 14.3. The molecule has 1 heterocycles. The zero-order valence-electron chi connectivity index (χ0n) is 14.3. The summed E-state index contributed by atoms with van der Waals surface area (Å²) in [7, 11) is 1.93. The van der Waals surface area contributed by atoms with Crippen LogP contribution in [0.3, 0.4) is 0 Å². The Bertz CT molecular complexity index is 582. The fourth-order valence-electron chi connectivity index (χ4n) is 1.97. The van der Waals surface area contributed by atoms with E-state index in [2.05, 4.69) is 11.8 Å². The van der Waals surface area contributed by atoms with Crippen LogP contribution < -0.4 is 9.64 Å². The molecular weight excluding hydrogens is 303 g/mol. The number of hydrogen-bond donors (Lipinski definition) is 0. The van der Waals surface area contributed by atoms with Crippen LogP contribution in [0.15, 0.2) is 18.2 Å². The number of hydrogen-bond acceptors (Lipinski definition) is 2. The molecule has 0 spiro atoms. The van der Waals surface area contributed by atoms with E-state index in [9.17, 15) is 13.2 Å². The van der Waals surface area contributed by atoms with Crippen LogP contribution in [0.2, 0.25) is 0 Å². The third-order valence-electron chi connectivity index (χ3n) is 3.51. The SMILES string of the molecule is CC.CN1CCCOc2c(C#CC(C)(C)C(F)(F)F)cccc21. The van der Waals surface area contributed by atoms with E-state index >= 15 is 0 Å². The maximum Gasteiger partial charge on any atom is 0.404 e. The summed E-state index contributed by atoms with van der Waals surface area (Å²) in [6.45, 7) is 7.54. The third-order valence-corrected chi connectivity index (χ3v) is 3.51. The summed E-state index contributed by atoms with van der Waals surface area (Å²) in [6, 6.07) is 5.37. The van der Waals surface area contributed by atoms with E-state index in [-0.39, 0.29) is 0 Å². The molecule has 0 saturated heterocycles. The number of fused-ring (bicyclic) bond motifs is 1. The molecule has 0 saturated carbocycles. The summed E-state index contributed by atoms with van der Waals surface area (Å²) >= 11 is 0. The van der Waals surface area contributed by atoms with Crippen molar-refractivity contribution >= 4 is 5.69 Å². The molecule has 1 aromatic rings. The second kappa shape index (κ2) is 7.63. The topological polar surface area (TPSA) is 12.5 Å². The molecule has 5 heteroatoms. The largest absolute Gasteiger partial charge is 0.490 e. The van der Waals surface area contributed by atoms with E-state index < -0.39 is 11.6 Å². The van der Waals surface area contributed by atoms with Crippen molar-refractivity contribution in [1.29, 1.82) is 0 Å². The average Bonchev–Trinajstić information content (AvgIpc) is 2.69. The summed E-state index contributed by atoms with van der Waals surface area (Å²) < 4.78 is 44.3. The number of benzene rings is 1. The fraction of sp³-hybridized carbons (Fsp3) is 0.556. The van der Waals surface area contributed by atoms with Crippen LogP contribution in [0.1, 0.15) is 39.7 Å². The molecule has 1 aliphatic heterocycles. The summed E-state index contributed by atoms with van der Waals surface area (Å²) in [5.41, 5.74) is -0.686. The first-order valence-corrected chi connectivity index (χ1v) is 7.79. The lowest BCUT2D eigenvalue weighted by atomic mass is 9.93. The summed E-state index contributed by atoms with van der Waals surface area (Å²) in [4.78, 5) is 2.03. The van der Waals surface area contributed by atoms with E-state index in [0.29, 0.717) is 17.9 Å². The highest BCUT2D eigenvalue weighted by Gasteiger charge is 2.46. The van der Waals surface area contributed by atoms with E-state index in [1.54, 1.807) is 12.1 Å². The van der Waals surface area contributed by atoms with Gasteiger partial charge in [-0.25, -0.2) is 0 Å². The highest BCUT2D eigenvalue weighted by Crippen LogP contribution is 2.37. The Morgan fingerprint density at radius 1 is 1.17 bits per heavy atom. The molecule has 0 atom stereocenters. The Hall–Kier alpha value is -1.83. The standard InChI is InChI=1S/C16H18F3NO.C2H6/c1-15(2,16(17,18)19)9-8-12-6-4-7-13-14(12)21-11-5-10-20(13)3;1-2/h4,6-7H,5,10-11H2,1-3H3;1-2H3. The van der Waals surface area contributed by atoms with Crippen LogP contribution in [0, 0.1) is 17.3 Å². The molecular formula is C18H24F3NO. The van der Waals surface area contributed by atoms with Crippen LogP contribution in [0.25, 0.3) is 0 Å². The van der Waals surface area contributed by atoms with Crippen LogP contribution >= 0.6 is 0 Å². The van der Waals surface area contributed by atoms with Gasteiger partial charge in [0.1, 0.15) is 5.41 Å². The number of ether oxygens (including phenoxy) is 1. The Balaban J connectivity index is 0.00000127. The van der Waals surface area contributed by atoms with Gasteiger partial charge in [0.05, 0.1) is 17.9 Å². The van der Waals surface area contributed by atoms with Gasteiger partial charge in [-0.1, -0.05) is 31.8 Å². The van der Waals surface area contributed by atoms with Gasteiger partial charge in [-0.15, -0.1) is 0 Å². The van der Waals surface area contributed by atoms with Crippen molar-refractivity contribution in [2.24, 2.45) is 5.41 Å². The number of para-hydroxylation sites is 1. The van der Waals surface area contributed by atoms with Crippen LogP contribution in [0.5, 0.6) is 5.75 Å². The fourth-order valence-corrected chi connectivity index (χ4v) is 1.97. The van der Waals surface area contributed by atoms with Crippen molar-refractivity contribution in [2.45, 2.75) is 40.3 Å². The van der Waals surface area contributed by atoms with Crippen molar-refractivity contribution < 1.29 is 17.9 Å². The Morgan fingerprint density at radius 3 is 2.43 bits per heavy atom. The van der Waals surface area contributed by atoms with Gasteiger partial charge in [-0.3, -0.25) is 0 Å². The molecule has 1 aliphatic rings. The first-order chi connectivity index (χ1) is 10.7. The highest BCUT2D eigenvalue weighted by atomic mass is 19.4. The van der Waals surface area contributed by atoms with Crippen molar-refractivity contribution in [3.8, 4) is 17.6 Å². The van der Waals surface area contributed by atoms with E-state index in [1.807, 2.05) is 31.9 Å². The molecule has 1 aromatic carbocycles. The van der Waals surface area contributed by atoms with Gasteiger partial charge in [-0.05, 0) is 32.4 Å². The Kier molecular flexibility index (Phi) is 6.37. The molecule has 0 unspecified atom stereocenters. The van der Waals surface area contributed by atoms with Crippen molar-refractivity contribution in [1.82, 2.24) is 0 Å². The predicted molar refractivity (Wildman–Crippen MR) is 87.9 cm³/mol. The van der Waals surface area contributed by atoms with Gasteiger partial charge >= 0.3 is 6.18 Å². The second-order valence-electron chi connectivity index (χ2n) is 5.65. The molecule has 0 N–H and O–H groups in total. The minimum absolute atomic E-state index is 0.499. The van der Waals surface area contributed by atoms with Crippen LogP contribution in [-0.2, 0) is 0 Å². The molecule has 0 aromatic heterocycles. The lowest BCUT2D eigenvalue weighted by Gasteiger charge is -2.21. The highest BCUT2D eigenvalue weighted by molar-refractivity contribution is 5.66. The van der Waals surface area contributed by atoms with Gasteiger partial charge in [0.25, 0.3) is 0 Å². The monoisotopic (exact) mass is 327 g/mol. The van der Waals surface area contributed by atoms with Crippen LogP contribution in [-0.4, -0.2) is 26.4 Å². The third kappa shape index (κ3) is 4.57. The average molecular weight is 327 g/mol. The molecule has 128 valence electrons. The molecule has 0 fully saturated rings. The molecule has 23 heavy (non-hydrogen) atoms. The van der Waals surface area contributed by atoms with E-state index in [0.717, 1.165) is 32.5 Å². The Labute approximate surface area is 136 Å². The van der Waals surface area contributed by atoms with E-state index in [4.69, 9.17) is 4.74 Å². The zero-order chi connectivity index (χ0) is 17.7. The summed E-state index contributed by atoms with van der Waals surface area (Å²) in [6.07, 6.45) is -3.49. The van der Waals surface area contributed by atoms with Crippen LogP contribution in [0.4, 0.5) is 18.9 Å². The van der Waals surface area contributed by atoms with Crippen molar-refractivity contribution in [2.75, 3.05) is 25.1 Å². The maximum absolute atomic E-state index is 12.9. The minimum atomic E-state index is -4.36. The molecule has 0 aliphatic carbocycles. The predicted octanol–water partition coefficient (Wildman–Crippen LogP) is 4.87. The second-order valence-corrected chi connectivity index (χ2v) is 5.65. The van der Waals surface area contributed by atoms with Gasteiger partial charge in [0.2, 0.25) is 0 Å². The first-order valence-electron chi connectivity index (χ1n) is 7.79. The summed E-state index contributed by atoms with van der Waals surface area (Å²) in [5, 5.41) is 0. The van der Waals surface area contributed by atoms with Gasteiger partial charge < -0.3 is 9.64 Å². The van der Waals surface area contributed by atoms with Crippen molar-refractivity contribution in [3.63, 3.8) is 0 Å². The number of rotatable bonds is 0. The van der Waals surface area contributed by atoms with Gasteiger partial charge in [0, 0.05) is 13.6 Å². The quantitative estimate of drug-likeness (QED) is 0.630. The first kappa shape index (κ1) is 19.2. The normalized spacial score (nSPS) is 14.3. The van der Waals surface area contributed by atoms with E-state index in [1.165, 1.54) is 0 Å². The minimum Gasteiger partial charge on any atom is -0.490 e. The Morgan fingerprint density at radius 2 is 1.83 bits per heavy atom. The molecule has 2 rings (SSSR count). The molecule has 2 nitrogen and oxygen atoms in total. The number of anilines is 1. The smallest absolute Gasteiger partial charge is 0.404 e. The number of nitrogens with zero attached hydrogens (tertiary/aromatic N) is 1. The lowest BCUT2D eigenvalue weighted by molar-refractivity contribution is -0.190. The summed E-state index contributed by atoms with van der Waals surface area (Å²) in [5.74, 6) is 5.55. The molecule has 0 bridgehead atoms. The number of halogens is 3. The molecule has 0 radical (unpaired) electrons. The number of alkyl halides is 3. The lowest BCUT2D eigenvalue weighted by Crippen LogP contribution is -2.30.